The largest absolute Gasteiger partial charge is 0.404 e. The second kappa shape index (κ2) is 12.1. The molecular formula is C25H32FN7O2. The van der Waals surface area contributed by atoms with Crippen molar-refractivity contribution in [2.24, 2.45) is 21.5 Å². The van der Waals surface area contributed by atoms with Crippen LogP contribution in [0.1, 0.15) is 43.7 Å². The maximum absolute atomic E-state index is 15.1. The van der Waals surface area contributed by atoms with Gasteiger partial charge in [0, 0.05) is 80.5 Å². The minimum absolute atomic E-state index is 0.0152. The summed E-state index contributed by atoms with van der Waals surface area (Å²) in [6.45, 7) is 4.03. The number of halogens is 1. The van der Waals surface area contributed by atoms with E-state index in [0.29, 0.717) is 49.3 Å². The number of rotatable bonds is 7. The van der Waals surface area contributed by atoms with Gasteiger partial charge in [-0.1, -0.05) is 6.92 Å². The van der Waals surface area contributed by atoms with Crippen LogP contribution in [-0.2, 0) is 9.53 Å². The van der Waals surface area contributed by atoms with Crippen LogP contribution in [0.2, 0.25) is 0 Å². The number of aliphatic imine (C=N–C) groups is 2. The van der Waals surface area contributed by atoms with E-state index in [4.69, 9.17) is 16.2 Å². The van der Waals surface area contributed by atoms with Crippen LogP contribution in [-0.4, -0.2) is 62.3 Å². The Morgan fingerprint density at radius 2 is 2.14 bits per heavy atom. The number of hydrogen-bond donors (Lipinski definition) is 3. The molecular weight excluding hydrogens is 449 g/mol. The van der Waals surface area contributed by atoms with Gasteiger partial charge in [-0.2, -0.15) is 5.26 Å². The Labute approximate surface area is 205 Å². The van der Waals surface area contributed by atoms with E-state index in [1.807, 2.05) is 6.92 Å². The number of nitrogens with one attached hydrogen (secondary N) is 1. The monoisotopic (exact) mass is 481 g/mol. The first-order chi connectivity index (χ1) is 16.9. The van der Waals surface area contributed by atoms with Gasteiger partial charge in [-0.05, 0) is 25.0 Å². The zero-order valence-electron chi connectivity index (χ0n) is 20.2. The Bertz CT molecular complexity index is 1110. The van der Waals surface area contributed by atoms with Gasteiger partial charge >= 0.3 is 0 Å². The molecule has 1 aromatic rings. The molecule has 0 radical (unpaired) electrons. The van der Waals surface area contributed by atoms with Gasteiger partial charge < -0.3 is 26.4 Å². The summed E-state index contributed by atoms with van der Waals surface area (Å²) in [4.78, 5) is 22.4. The lowest BCUT2D eigenvalue weighted by molar-refractivity contribution is -0.130. The van der Waals surface area contributed by atoms with Gasteiger partial charge in [0.15, 0.2) is 0 Å². The van der Waals surface area contributed by atoms with Crippen LogP contribution in [0.5, 0.6) is 0 Å². The molecule has 0 atom stereocenters. The van der Waals surface area contributed by atoms with Gasteiger partial charge in [-0.25, -0.2) is 9.38 Å². The predicted molar refractivity (Wildman–Crippen MR) is 134 cm³/mol. The molecule has 0 unspecified atom stereocenters. The second-order valence-corrected chi connectivity index (χ2v) is 8.37. The molecule has 5 N–H and O–H groups in total. The van der Waals surface area contributed by atoms with Crippen molar-refractivity contribution in [3.05, 3.63) is 46.5 Å². The molecule has 2 aliphatic heterocycles. The van der Waals surface area contributed by atoms with Crippen LogP contribution in [0.25, 0.3) is 5.57 Å². The number of carbonyl (C=O) groups excluding carboxylic acids is 1. The van der Waals surface area contributed by atoms with Crippen molar-refractivity contribution in [3.8, 4) is 6.07 Å². The van der Waals surface area contributed by atoms with E-state index in [0.717, 1.165) is 18.5 Å². The Balaban J connectivity index is 2.00. The highest BCUT2D eigenvalue weighted by Gasteiger charge is 2.26. The van der Waals surface area contributed by atoms with Gasteiger partial charge in [0.05, 0.1) is 18.2 Å². The van der Waals surface area contributed by atoms with Crippen molar-refractivity contribution in [3.63, 3.8) is 0 Å². The number of nitrogens with zero attached hydrogens (tertiary/aromatic N) is 4. The van der Waals surface area contributed by atoms with E-state index in [1.165, 1.54) is 24.5 Å². The van der Waals surface area contributed by atoms with Gasteiger partial charge in [0.2, 0.25) is 5.91 Å². The molecule has 0 saturated carbocycles. The third-order valence-electron chi connectivity index (χ3n) is 6.12. The maximum atomic E-state index is 15.1. The first-order valence-electron chi connectivity index (χ1n) is 11.7. The summed E-state index contributed by atoms with van der Waals surface area (Å²) in [7, 11) is 1.56. The van der Waals surface area contributed by atoms with E-state index in [-0.39, 0.29) is 35.6 Å². The van der Waals surface area contributed by atoms with Crippen LogP contribution in [0.3, 0.4) is 0 Å². The number of nitriles is 1. The zero-order valence-corrected chi connectivity index (χ0v) is 20.2. The summed E-state index contributed by atoms with van der Waals surface area (Å²) in [5.41, 5.74) is 14.5. The third kappa shape index (κ3) is 6.25. The van der Waals surface area contributed by atoms with Crippen LogP contribution in [0, 0.1) is 17.1 Å². The minimum atomic E-state index is -0.650. The van der Waals surface area contributed by atoms with E-state index in [1.54, 1.807) is 11.9 Å². The highest BCUT2D eigenvalue weighted by atomic mass is 19.1. The Morgan fingerprint density at radius 1 is 1.40 bits per heavy atom. The van der Waals surface area contributed by atoms with E-state index in [2.05, 4.69) is 21.4 Å². The summed E-state index contributed by atoms with van der Waals surface area (Å²) in [6, 6.07) is 4.84. The van der Waals surface area contributed by atoms with Crippen molar-refractivity contribution in [1.82, 2.24) is 10.2 Å². The molecule has 1 saturated heterocycles. The summed E-state index contributed by atoms with van der Waals surface area (Å²) in [6.07, 6.45) is 5.43. The van der Waals surface area contributed by atoms with Crippen LogP contribution in [0.4, 0.5) is 10.1 Å². The van der Waals surface area contributed by atoms with Crippen molar-refractivity contribution >= 4 is 29.2 Å². The number of benzene rings is 1. The smallest absolute Gasteiger partial charge is 0.222 e. The van der Waals surface area contributed by atoms with Crippen LogP contribution < -0.4 is 16.8 Å². The number of amides is 1. The Hall–Kier alpha value is -3.71. The van der Waals surface area contributed by atoms with E-state index in [9.17, 15) is 10.1 Å². The van der Waals surface area contributed by atoms with Crippen molar-refractivity contribution in [2.45, 2.75) is 38.6 Å². The van der Waals surface area contributed by atoms with Gasteiger partial charge in [-0.15, -0.1) is 0 Å². The van der Waals surface area contributed by atoms with Gasteiger partial charge in [0.1, 0.15) is 17.3 Å². The minimum Gasteiger partial charge on any atom is -0.404 e. The summed E-state index contributed by atoms with van der Waals surface area (Å²) >= 11 is 0. The van der Waals surface area contributed by atoms with Crippen molar-refractivity contribution in [1.29, 1.82) is 5.26 Å². The molecule has 0 spiro atoms. The molecule has 35 heavy (non-hydrogen) atoms. The summed E-state index contributed by atoms with van der Waals surface area (Å²) < 4.78 is 20.5. The number of carbonyl (C=O) groups is 1. The van der Waals surface area contributed by atoms with Gasteiger partial charge in [0.25, 0.3) is 0 Å². The average molecular weight is 482 g/mol. The molecule has 1 amide bonds. The zero-order chi connectivity index (χ0) is 25.4. The fourth-order valence-electron chi connectivity index (χ4n) is 4.20. The molecule has 1 fully saturated rings. The first kappa shape index (κ1) is 25.9. The highest BCUT2D eigenvalue weighted by Crippen LogP contribution is 2.28. The summed E-state index contributed by atoms with van der Waals surface area (Å²) in [5, 5.41) is 13.2. The molecule has 0 aliphatic carbocycles. The third-order valence-corrected chi connectivity index (χ3v) is 6.12. The normalized spacial score (nSPS) is 18.2. The predicted octanol–water partition coefficient (Wildman–Crippen LogP) is 2.35. The summed E-state index contributed by atoms with van der Waals surface area (Å²) in [5.74, 6) is -0.530. The van der Waals surface area contributed by atoms with Crippen LogP contribution >= 0.6 is 0 Å². The molecule has 0 bridgehead atoms. The molecule has 0 aromatic heterocycles. The molecule has 2 heterocycles. The topological polar surface area (TPSA) is 142 Å². The number of ether oxygens (including phenoxy) is 1. The number of allylic oxidation sites excluding steroid dienone is 1. The van der Waals surface area contributed by atoms with Crippen molar-refractivity contribution in [2.75, 3.05) is 33.4 Å². The first-order valence-corrected chi connectivity index (χ1v) is 11.7. The lowest BCUT2D eigenvalue weighted by atomic mass is 10.00. The fourth-order valence-corrected chi connectivity index (χ4v) is 4.20. The van der Waals surface area contributed by atoms with Gasteiger partial charge in [-0.3, -0.25) is 9.79 Å². The SMILES string of the molecule is CCC(=O)N1CCC(NC2CCOCC2)=C(C(N)=Nc2cc(C#N)c(C(C=NC)=CN)cc2F)C1. The number of nitrogens with two attached hydrogens (primary N) is 2. The Kier molecular flexibility index (Phi) is 8.98. The van der Waals surface area contributed by atoms with Crippen molar-refractivity contribution < 1.29 is 13.9 Å². The number of hydrogen-bond acceptors (Lipinski definition) is 7. The highest BCUT2D eigenvalue weighted by molar-refractivity contribution is 6.10. The molecule has 186 valence electrons. The standard InChI is InChI=1S/C25H32FN7O2/c1-3-24(34)33-7-4-22(31-18-5-8-35-9-6-18)20(15-33)25(29)32-23-10-16(12-27)19(11-21(23)26)17(13-28)14-30-2/h10-11,13-14,18,31H,3-9,15,28H2,1-2H3,(H2,29,32). The van der Waals surface area contributed by atoms with Crippen LogP contribution in [0.15, 0.2) is 39.6 Å². The Morgan fingerprint density at radius 3 is 2.77 bits per heavy atom. The second-order valence-electron chi connectivity index (χ2n) is 8.37. The van der Waals surface area contributed by atoms with E-state index >= 15 is 4.39 Å². The molecule has 10 heteroatoms. The molecule has 1 aromatic carbocycles. The quantitative estimate of drug-likeness (QED) is 0.403. The average Bonchev–Trinajstić information content (AvgIpc) is 2.88. The van der Waals surface area contributed by atoms with E-state index < -0.39 is 5.82 Å². The molecule has 9 nitrogen and oxygen atoms in total. The molecule has 3 rings (SSSR count). The molecule has 2 aliphatic rings. The fraction of sp³-hybridized carbons (Fsp3) is 0.440. The maximum Gasteiger partial charge on any atom is 0.222 e. The lowest BCUT2D eigenvalue weighted by Crippen LogP contribution is -2.44. The lowest BCUT2D eigenvalue weighted by Gasteiger charge is -2.34. The number of amidine groups is 1.